The molecule has 0 aromatic heterocycles. The minimum absolute atomic E-state index is 0.0385. The molecule has 6 heteroatoms. The van der Waals surface area contributed by atoms with Gasteiger partial charge in [0.1, 0.15) is 0 Å². The van der Waals surface area contributed by atoms with Crippen LogP contribution in [0.15, 0.2) is 53.6 Å². The maximum atomic E-state index is 12.1. The Morgan fingerprint density at radius 2 is 1.60 bits per heavy atom. The van der Waals surface area contributed by atoms with E-state index in [4.69, 9.17) is 5.73 Å². The molecule has 2 aromatic carbocycles. The van der Waals surface area contributed by atoms with Crippen molar-refractivity contribution >= 4 is 28.9 Å². The van der Waals surface area contributed by atoms with Gasteiger partial charge < -0.3 is 11.1 Å². The van der Waals surface area contributed by atoms with Crippen molar-refractivity contribution in [3.8, 4) is 0 Å². The number of carbonyl (C=O) groups excluding carboxylic acids is 2. The SMILES string of the molecule is CCCC(=O)Nc1ccc(C(=O)N/N=C(\C)c2ccc(N)cc2)cc1. The second-order valence-corrected chi connectivity index (χ2v) is 5.64. The van der Waals surface area contributed by atoms with Crippen molar-refractivity contribution in [2.45, 2.75) is 26.7 Å². The second kappa shape index (κ2) is 8.63. The highest BCUT2D eigenvalue weighted by atomic mass is 16.2. The standard InChI is InChI=1S/C19H22N4O2/c1-3-4-18(24)21-17-11-7-15(8-12-17)19(25)23-22-13(2)14-5-9-16(20)10-6-14/h5-12H,3-4,20H2,1-2H3,(H,21,24)(H,23,25)/b22-13+. The maximum Gasteiger partial charge on any atom is 0.271 e. The first kappa shape index (κ1) is 18.2. The summed E-state index contributed by atoms with van der Waals surface area (Å²) < 4.78 is 0. The molecule has 0 atom stereocenters. The summed E-state index contributed by atoms with van der Waals surface area (Å²) >= 11 is 0. The van der Waals surface area contributed by atoms with Crippen LogP contribution in [0.4, 0.5) is 11.4 Å². The van der Waals surface area contributed by atoms with Crippen LogP contribution < -0.4 is 16.5 Å². The topological polar surface area (TPSA) is 96.6 Å². The summed E-state index contributed by atoms with van der Waals surface area (Å²) in [5.41, 5.74) is 11.5. The van der Waals surface area contributed by atoms with Gasteiger partial charge in [-0.25, -0.2) is 5.43 Å². The Bertz CT molecular complexity index is 765. The molecular formula is C19H22N4O2. The lowest BCUT2D eigenvalue weighted by molar-refractivity contribution is -0.116. The number of amides is 2. The quantitative estimate of drug-likeness (QED) is 0.429. The molecule has 25 heavy (non-hydrogen) atoms. The minimum Gasteiger partial charge on any atom is -0.399 e. The summed E-state index contributed by atoms with van der Waals surface area (Å²) in [4.78, 5) is 23.7. The van der Waals surface area contributed by atoms with Crippen LogP contribution in [-0.2, 0) is 4.79 Å². The van der Waals surface area contributed by atoms with Crippen LogP contribution in [0.5, 0.6) is 0 Å². The molecule has 4 N–H and O–H groups in total. The fourth-order valence-electron chi connectivity index (χ4n) is 2.14. The van der Waals surface area contributed by atoms with Crippen molar-refractivity contribution in [1.82, 2.24) is 5.43 Å². The number of anilines is 2. The number of nitrogens with zero attached hydrogens (tertiary/aromatic N) is 1. The van der Waals surface area contributed by atoms with E-state index in [1.807, 2.05) is 19.1 Å². The number of hydrogen-bond acceptors (Lipinski definition) is 4. The normalized spacial score (nSPS) is 11.0. The fourth-order valence-corrected chi connectivity index (χ4v) is 2.14. The largest absolute Gasteiger partial charge is 0.399 e. The number of rotatable bonds is 6. The molecule has 2 amide bonds. The molecule has 2 rings (SSSR count). The molecule has 2 aromatic rings. The van der Waals surface area contributed by atoms with Gasteiger partial charge >= 0.3 is 0 Å². The van der Waals surface area contributed by atoms with Gasteiger partial charge in [0.05, 0.1) is 5.71 Å². The predicted molar refractivity (Wildman–Crippen MR) is 101 cm³/mol. The van der Waals surface area contributed by atoms with Crippen molar-refractivity contribution in [3.63, 3.8) is 0 Å². The smallest absolute Gasteiger partial charge is 0.271 e. The van der Waals surface area contributed by atoms with Crippen molar-refractivity contribution in [2.75, 3.05) is 11.1 Å². The van der Waals surface area contributed by atoms with E-state index in [1.165, 1.54) is 0 Å². The van der Waals surface area contributed by atoms with Gasteiger partial charge in [0.15, 0.2) is 0 Å². The second-order valence-electron chi connectivity index (χ2n) is 5.64. The van der Waals surface area contributed by atoms with Crippen LogP contribution in [0.25, 0.3) is 0 Å². The van der Waals surface area contributed by atoms with Crippen LogP contribution in [0, 0.1) is 0 Å². The number of nitrogens with two attached hydrogens (primary N) is 1. The van der Waals surface area contributed by atoms with E-state index in [1.54, 1.807) is 43.3 Å². The first-order valence-electron chi connectivity index (χ1n) is 8.10. The van der Waals surface area contributed by atoms with Crippen LogP contribution >= 0.6 is 0 Å². The summed E-state index contributed by atoms with van der Waals surface area (Å²) in [6.07, 6.45) is 1.26. The lowest BCUT2D eigenvalue weighted by Gasteiger charge is -2.06. The van der Waals surface area contributed by atoms with Crippen LogP contribution in [0.2, 0.25) is 0 Å². The van der Waals surface area contributed by atoms with Gasteiger partial charge in [-0.3, -0.25) is 9.59 Å². The van der Waals surface area contributed by atoms with Gasteiger partial charge in [0, 0.05) is 23.4 Å². The summed E-state index contributed by atoms with van der Waals surface area (Å²) in [6.45, 7) is 3.75. The van der Waals surface area contributed by atoms with Gasteiger partial charge in [0.2, 0.25) is 5.91 Å². The molecule has 0 fully saturated rings. The molecule has 0 heterocycles. The molecule has 0 aliphatic rings. The molecule has 6 nitrogen and oxygen atoms in total. The molecular weight excluding hydrogens is 316 g/mol. The molecule has 0 saturated carbocycles. The Morgan fingerprint density at radius 1 is 1.00 bits per heavy atom. The predicted octanol–water partition coefficient (Wildman–Crippen LogP) is 3.16. The first-order chi connectivity index (χ1) is 12.0. The molecule has 0 saturated heterocycles. The highest BCUT2D eigenvalue weighted by molar-refractivity contribution is 6.01. The highest BCUT2D eigenvalue weighted by Crippen LogP contribution is 2.11. The summed E-state index contributed by atoms with van der Waals surface area (Å²) in [7, 11) is 0. The van der Waals surface area contributed by atoms with Crippen molar-refractivity contribution in [3.05, 3.63) is 59.7 Å². The Balaban J connectivity index is 1.97. The lowest BCUT2D eigenvalue weighted by Crippen LogP contribution is -2.19. The molecule has 0 aliphatic heterocycles. The van der Waals surface area contributed by atoms with Crippen molar-refractivity contribution in [2.24, 2.45) is 5.10 Å². The summed E-state index contributed by atoms with van der Waals surface area (Å²) in [5.74, 6) is -0.357. The lowest BCUT2D eigenvalue weighted by atomic mass is 10.1. The number of nitrogens with one attached hydrogen (secondary N) is 2. The third-order valence-corrected chi connectivity index (χ3v) is 3.56. The molecule has 0 aliphatic carbocycles. The van der Waals surface area contributed by atoms with Gasteiger partial charge in [-0.2, -0.15) is 5.10 Å². The zero-order valence-corrected chi connectivity index (χ0v) is 14.4. The van der Waals surface area contributed by atoms with Gasteiger partial charge in [-0.15, -0.1) is 0 Å². The third kappa shape index (κ3) is 5.46. The van der Waals surface area contributed by atoms with Crippen LogP contribution in [-0.4, -0.2) is 17.5 Å². The molecule has 130 valence electrons. The van der Waals surface area contributed by atoms with Gasteiger partial charge in [0.25, 0.3) is 5.91 Å². The van der Waals surface area contributed by atoms with E-state index >= 15 is 0 Å². The average molecular weight is 338 g/mol. The van der Waals surface area contributed by atoms with E-state index in [2.05, 4.69) is 15.8 Å². The Hall–Kier alpha value is -3.15. The van der Waals surface area contributed by atoms with Crippen molar-refractivity contribution in [1.29, 1.82) is 0 Å². The van der Waals surface area contributed by atoms with Crippen LogP contribution in [0.1, 0.15) is 42.6 Å². The van der Waals surface area contributed by atoms with Gasteiger partial charge in [-0.1, -0.05) is 19.1 Å². The number of carbonyl (C=O) groups is 2. The van der Waals surface area contributed by atoms with E-state index in [0.29, 0.717) is 29.1 Å². The summed E-state index contributed by atoms with van der Waals surface area (Å²) in [5, 5.41) is 6.88. The van der Waals surface area contributed by atoms with E-state index in [0.717, 1.165) is 12.0 Å². The third-order valence-electron chi connectivity index (χ3n) is 3.56. The van der Waals surface area contributed by atoms with E-state index in [9.17, 15) is 9.59 Å². The first-order valence-corrected chi connectivity index (χ1v) is 8.10. The monoisotopic (exact) mass is 338 g/mol. The molecule has 0 radical (unpaired) electrons. The number of hydrazone groups is 1. The molecule has 0 spiro atoms. The zero-order chi connectivity index (χ0) is 18.2. The fraction of sp³-hybridized carbons (Fsp3) is 0.211. The zero-order valence-electron chi connectivity index (χ0n) is 14.4. The Kier molecular flexibility index (Phi) is 6.28. The Labute approximate surface area is 147 Å². The van der Waals surface area contributed by atoms with Crippen LogP contribution in [0.3, 0.4) is 0 Å². The summed E-state index contributed by atoms with van der Waals surface area (Å²) in [6, 6.07) is 13.9. The maximum absolute atomic E-state index is 12.1. The highest BCUT2D eigenvalue weighted by Gasteiger charge is 2.06. The van der Waals surface area contributed by atoms with E-state index in [-0.39, 0.29) is 11.8 Å². The number of hydrogen-bond donors (Lipinski definition) is 3. The van der Waals surface area contributed by atoms with Crippen molar-refractivity contribution < 1.29 is 9.59 Å². The number of nitrogen functional groups attached to an aromatic ring is 1. The minimum atomic E-state index is -0.318. The molecule has 0 unspecified atom stereocenters. The average Bonchev–Trinajstić information content (AvgIpc) is 2.61. The molecule has 0 bridgehead atoms. The Morgan fingerprint density at radius 3 is 2.20 bits per heavy atom. The number of benzene rings is 2. The van der Waals surface area contributed by atoms with E-state index < -0.39 is 0 Å². The van der Waals surface area contributed by atoms with Gasteiger partial charge in [-0.05, 0) is 55.3 Å².